The Kier molecular flexibility index (Phi) is 6.49. The van der Waals surface area contributed by atoms with Crippen LogP contribution >= 0.6 is 0 Å². The fourth-order valence-corrected chi connectivity index (χ4v) is 7.66. The zero-order chi connectivity index (χ0) is 27.4. The molecule has 3 atom stereocenters. The van der Waals surface area contributed by atoms with Crippen LogP contribution in [0.5, 0.6) is 5.75 Å². The average molecular weight is 517 g/mol. The summed E-state index contributed by atoms with van der Waals surface area (Å²) in [5.74, 6) is 0.00192. The van der Waals surface area contributed by atoms with Gasteiger partial charge >= 0.3 is 5.97 Å². The second kappa shape index (κ2) is 9.40. The quantitative estimate of drug-likeness (QED) is 0.339. The molecule has 1 saturated carbocycles. The Labute approximate surface area is 223 Å². The Hall–Kier alpha value is -3.41. The van der Waals surface area contributed by atoms with Crippen molar-refractivity contribution in [3.8, 4) is 17.1 Å². The van der Waals surface area contributed by atoms with E-state index in [1.165, 1.54) is 36.5 Å². The van der Waals surface area contributed by atoms with Crippen molar-refractivity contribution in [2.45, 2.75) is 72.6 Å². The summed E-state index contributed by atoms with van der Waals surface area (Å²) in [5, 5.41) is 10.4. The van der Waals surface area contributed by atoms with Gasteiger partial charge in [0, 0.05) is 22.3 Å². The van der Waals surface area contributed by atoms with Crippen molar-refractivity contribution >= 4 is 17.5 Å². The lowest BCUT2D eigenvalue weighted by atomic mass is 9.49. The molecule has 3 aliphatic rings. The van der Waals surface area contributed by atoms with Gasteiger partial charge in [-0.25, -0.2) is 0 Å². The van der Waals surface area contributed by atoms with E-state index in [0.717, 1.165) is 44.1 Å². The molecule has 6 heteroatoms. The van der Waals surface area contributed by atoms with Gasteiger partial charge in [0.15, 0.2) is 11.6 Å². The summed E-state index contributed by atoms with van der Waals surface area (Å²) in [5.41, 5.74) is 4.42. The minimum atomic E-state index is -0.493. The number of allylic oxidation sites excluding steroid dienone is 4. The number of ketones is 2. The number of hydrogen-bond acceptors (Lipinski definition) is 6. The lowest BCUT2D eigenvalue weighted by molar-refractivity contribution is -0.163. The van der Waals surface area contributed by atoms with Crippen LogP contribution in [0.25, 0.3) is 11.3 Å². The highest BCUT2D eigenvalue weighted by atomic mass is 16.5. The highest BCUT2D eigenvalue weighted by Gasteiger charge is 2.55. The number of phenols is 1. The Morgan fingerprint density at radius 2 is 1.87 bits per heavy atom. The number of furan rings is 1. The number of aromatic hydroxyl groups is 1. The molecule has 0 spiro atoms. The van der Waals surface area contributed by atoms with Crippen molar-refractivity contribution in [1.29, 1.82) is 0 Å². The molecule has 1 aromatic heterocycles. The molecule has 1 aromatic carbocycles. The number of rotatable bonds is 5. The maximum atomic E-state index is 13.1. The van der Waals surface area contributed by atoms with Crippen LogP contribution in [-0.2, 0) is 16.0 Å². The first-order valence-corrected chi connectivity index (χ1v) is 13.5. The SMILES string of the molecule is COC(=O)[C@@]1(C)CCC[C@]2(C)C(CCc3ccoc3-c3cc(O)cc4c3C(=O)C(C)=CC4=O)=C(C)CC[C@@H]12. The first-order valence-electron chi connectivity index (χ1n) is 13.5. The number of ether oxygens (including phenoxy) is 1. The van der Waals surface area contributed by atoms with Crippen LogP contribution in [0, 0.1) is 16.7 Å². The Balaban J connectivity index is 1.49. The maximum absolute atomic E-state index is 13.1. The van der Waals surface area contributed by atoms with E-state index in [-0.39, 0.29) is 45.7 Å². The number of aryl methyl sites for hydroxylation is 1. The molecule has 0 aliphatic heterocycles. The van der Waals surface area contributed by atoms with Gasteiger partial charge in [0.25, 0.3) is 0 Å². The number of Topliss-reactive ketones (excluding diaryl/α,β-unsaturated/α-hetero) is 1. The molecule has 0 unspecified atom stereocenters. The molecular weight excluding hydrogens is 480 g/mol. The van der Waals surface area contributed by atoms with E-state index in [4.69, 9.17) is 9.15 Å². The second-order valence-electron chi connectivity index (χ2n) is 11.7. The third kappa shape index (κ3) is 3.96. The molecule has 6 nitrogen and oxygen atoms in total. The topological polar surface area (TPSA) is 93.8 Å². The van der Waals surface area contributed by atoms with Gasteiger partial charge in [-0.2, -0.15) is 0 Å². The first-order chi connectivity index (χ1) is 18.0. The average Bonchev–Trinajstić information content (AvgIpc) is 3.34. The normalized spacial score (nSPS) is 27.1. The lowest BCUT2D eigenvalue weighted by Gasteiger charge is -2.54. The van der Waals surface area contributed by atoms with Gasteiger partial charge in [-0.15, -0.1) is 0 Å². The van der Waals surface area contributed by atoms with Crippen molar-refractivity contribution in [3.63, 3.8) is 0 Å². The number of carbonyl (C=O) groups excluding carboxylic acids is 3. The predicted molar refractivity (Wildman–Crippen MR) is 144 cm³/mol. The highest BCUT2D eigenvalue weighted by molar-refractivity contribution is 6.26. The van der Waals surface area contributed by atoms with Crippen molar-refractivity contribution in [1.82, 2.24) is 0 Å². The minimum absolute atomic E-state index is 0.0827. The molecule has 0 radical (unpaired) electrons. The molecule has 1 fully saturated rings. The minimum Gasteiger partial charge on any atom is -0.508 e. The van der Waals surface area contributed by atoms with E-state index < -0.39 is 5.41 Å². The molecule has 200 valence electrons. The molecule has 2 aromatic rings. The van der Waals surface area contributed by atoms with Crippen LogP contribution in [-0.4, -0.2) is 29.8 Å². The first kappa shape index (κ1) is 26.2. The summed E-state index contributed by atoms with van der Waals surface area (Å²) in [4.78, 5) is 38.7. The summed E-state index contributed by atoms with van der Waals surface area (Å²) in [6, 6.07) is 4.76. The molecule has 5 rings (SSSR count). The number of phenolic OH excluding ortho intramolecular Hbond substituents is 1. The fourth-order valence-electron chi connectivity index (χ4n) is 7.66. The van der Waals surface area contributed by atoms with Crippen LogP contribution in [0.3, 0.4) is 0 Å². The van der Waals surface area contributed by atoms with Crippen molar-refractivity contribution in [3.05, 3.63) is 63.9 Å². The largest absolute Gasteiger partial charge is 0.508 e. The van der Waals surface area contributed by atoms with Crippen LogP contribution in [0.4, 0.5) is 0 Å². The Morgan fingerprint density at radius 1 is 1.13 bits per heavy atom. The standard InChI is InChI=1S/C32H36O6/c1-18-7-10-26-31(3,12-6-13-32(26,4)30(36)37-5)24(18)9-8-20-11-14-38-29(20)23-17-21(33)16-22-25(34)15-19(2)28(35)27(22)23/h11,14-17,26,33H,6-10,12-13H2,1-5H3/t26-,31-,32+/m1/s1. The number of carbonyl (C=O) groups is 3. The van der Waals surface area contributed by atoms with Crippen LogP contribution < -0.4 is 0 Å². The molecule has 1 N–H and O–H groups in total. The van der Waals surface area contributed by atoms with Gasteiger partial charge < -0.3 is 14.3 Å². The molecule has 1 heterocycles. The van der Waals surface area contributed by atoms with Crippen molar-refractivity contribution in [2.75, 3.05) is 7.11 Å². The van der Waals surface area contributed by atoms with E-state index in [9.17, 15) is 19.5 Å². The third-order valence-electron chi connectivity index (χ3n) is 9.55. The zero-order valence-electron chi connectivity index (χ0n) is 22.9. The molecule has 0 saturated heterocycles. The number of fused-ring (bicyclic) bond motifs is 2. The van der Waals surface area contributed by atoms with E-state index in [1.54, 1.807) is 13.2 Å². The number of methoxy groups -OCH3 is 1. The molecule has 0 bridgehead atoms. The van der Waals surface area contributed by atoms with Gasteiger partial charge in [0.05, 0.1) is 18.8 Å². The molecule has 38 heavy (non-hydrogen) atoms. The van der Waals surface area contributed by atoms with Gasteiger partial charge in [0.2, 0.25) is 0 Å². The summed E-state index contributed by atoms with van der Waals surface area (Å²) < 4.78 is 11.2. The molecule has 3 aliphatic carbocycles. The number of benzene rings is 1. The van der Waals surface area contributed by atoms with Gasteiger partial charge in [-0.05, 0) is 100 Å². The molecule has 0 amide bonds. The summed E-state index contributed by atoms with van der Waals surface area (Å²) in [7, 11) is 1.49. The van der Waals surface area contributed by atoms with E-state index in [0.29, 0.717) is 23.3 Å². The number of esters is 1. The zero-order valence-corrected chi connectivity index (χ0v) is 22.9. The van der Waals surface area contributed by atoms with E-state index in [2.05, 4.69) is 20.8 Å². The Bertz CT molecular complexity index is 1400. The van der Waals surface area contributed by atoms with Gasteiger partial charge in [-0.3, -0.25) is 14.4 Å². The van der Waals surface area contributed by atoms with Crippen LogP contribution in [0.2, 0.25) is 0 Å². The molecular formula is C32H36O6. The maximum Gasteiger partial charge on any atom is 0.311 e. The van der Waals surface area contributed by atoms with Gasteiger partial charge in [-0.1, -0.05) is 24.5 Å². The van der Waals surface area contributed by atoms with E-state index in [1.807, 2.05) is 6.07 Å². The fraction of sp³-hybridized carbons (Fsp3) is 0.469. The summed E-state index contributed by atoms with van der Waals surface area (Å²) in [6.45, 7) is 8.23. The number of hydrogen-bond donors (Lipinski definition) is 1. The van der Waals surface area contributed by atoms with Crippen molar-refractivity contribution in [2.24, 2.45) is 16.7 Å². The predicted octanol–water partition coefficient (Wildman–Crippen LogP) is 7.01. The highest BCUT2D eigenvalue weighted by Crippen LogP contribution is 2.60. The monoisotopic (exact) mass is 516 g/mol. The van der Waals surface area contributed by atoms with E-state index >= 15 is 0 Å². The lowest BCUT2D eigenvalue weighted by Crippen LogP contribution is -2.50. The second-order valence-corrected chi connectivity index (χ2v) is 11.7. The van der Waals surface area contributed by atoms with Crippen LogP contribution in [0.15, 0.2) is 51.7 Å². The van der Waals surface area contributed by atoms with Gasteiger partial charge in [0.1, 0.15) is 11.5 Å². The third-order valence-corrected chi connectivity index (χ3v) is 9.55. The summed E-state index contributed by atoms with van der Waals surface area (Å²) >= 11 is 0. The van der Waals surface area contributed by atoms with Crippen molar-refractivity contribution < 1.29 is 28.6 Å². The smallest absolute Gasteiger partial charge is 0.311 e. The summed E-state index contributed by atoms with van der Waals surface area (Å²) in [6.07, 6.45) is 9.20. The van der Waals surface area contributed by atoms with Crippen LogP contribution in [0.1, 0.15) is 92.5 Å². The Morgan fingerprint density at radius 3 is 2.61 bits per heavy atom.